The van der Waals surface area contributed by atoms with Gasteiger partial charge in [0.1, 0.15) is 0 Å². The molecule has 1 saturated heterocycles. The highest BCUT2D eigenvalue weighted by molar-refractivity contribution is 5.89. The minimum atomic E-state index is -0.198. The molecule has 3 fully saturated rings. The van der Waals surface area contributed by atoms with Crippen molar-refractivity contribution in [3.05, 3.63) is 35.4 Å². The molecule has 4 nitrogen and oxygen atoms in total. The van der Waals surface area contributed by atoms with Crippen molar-refractivity contribution < 1.29 is 14.3 Å². The van der Waals surface area contributed by atoms with E-state index in [-0.39, 0.29) is 5.97 Å². The van der Waals surface area contributed by atoms with Crippen LogP contribution < -0.4 is 5.32 Å². The molecule has 0 spiro atoms. The normalized spacial score (nSPS) is 27.0. The highest BCUT2D eigenvalue weighted by Crippen LogP contribution is 2.32. The van der Waals surface area contributed by atoms with Crippen LogP contribution in [0.5, 0.6) is 0 Å². The van der Waals surface area contributed by atoms with Crippen molar-refractivity contribution in [2.24, 2.45) is 11.8 Å². The molecule has 0 unspecified atom stereocenters. The molecular formula is C20H27NO3. The van der Waals surface area contributed by atoms with Crippen LogP contribution in [0.2, 0.25) is 0 Å². The van der Waals surface area contributed by atoms with Crippen molar-refractivity contribution in [2.75, 3.05) is 19.8 Å². The molecule has 1 heterocycles. The smallest absolute Gasteiger partial charge is 0.338 e. The van der Waals surface area contributed by atoms with E-state index in [2.05, 4.69) is 17.4 Å². The molecule has 2 aliphatic carbocycles. The van der Waals surface area contributed by atoms with Gasteiger partial charge in [0.25, 0.3) is 0 Å². The number of ether oxygens (including phenoxy) is 2. The van der Waals surface area contributed by atoms with Gasteiger partial charge in [-0.3, -0.25) is 0 Å². The first-order valence-electron chi connectivity index (χ1n) is 9.40. The molecular weight excluding hydrogens is 302 g/mol. The first-order chi connectivity index (χ1) is 11.8. The predicted molar refractivity (Wildman–Crippen MR) is 91.9 cm³/mol. The van der Waals surface area contributed by atoms with E-state index in [9.17, 15) is 4.79 Å². The minimum Gasteiger partial charge on any atom is -0.462 e. The van der Waals surface area contributed by atoms with Gasteiger partial charge in [-0.15, -0.1) is 0 Å². The fraction of sp³-hybridized carbons (Fsp3) is 0.650. The Bertz CT molecular complexity index is 563. The maximum absolute atomic E-state index is 12.0. The monoisotopic (exact) mass is 329 g/mol. The Morgan fingerprint density at radius 2 is 1.71 bits per heavy atom. The van der Waals surface area contributed by atoms with Gasteiger partial charge in [0.15, 0.2) is 0 Å². The Hall–Kier alpha value is -1.39. The van der Waals surface area contributed by atoms with E-state index in [1.165, 1.54) is 31.2 Å². The first-order valence-corrected chi connectivity index (χ1v) is 9.40. The molecule has 4 rings (SSSR count). The van der Waals surface area contributed by atoms with E-state index in [0.717, 1.165) is 31.9 Å². The van der Waals surface area contributed by atoms with E-state index in [0.29, 0.717) is 30.2 Å². The predicted octanol–water partition coefficient (Wildman–Crippen LogP) is 3.47. The summed E-state index contributed by atoms with van der Waals surface area (Å²) in [6.07, 6.45) is 7.54. The van der Waals surface area contributed by atoms with Crippen molar-refractivity contribution in [1.82, 2.24) is 5.32 Å². The highest BCUT2D eigenvalue weighted by atomic mass is 16.5. The Balaban J connectivity index is 1.30. The lowest BCUT2D eigenvalue weighted by Gasteiger charge is -2.30. The van der Waals surface area contributed by atoms with Crippen LogP contribution in [-0.2, 0) is 9.47 Å². The van der Waals surface area contributed by atoms with Gasteiger partial charge in [0.05, 0.1) is 18.3 Å². The summed E-state index contributed by atoms with van der Waals surface area (Å²) in [5.74, 6) is 1.22. The second-order valence-corrected chi connectivity index (χ2v) is 7.59. The second-order valence-electron chi connectivity index (χ2n) is 7.59. The summed E-state index contributed by atoms with van der Waals surface area (Å²) < 4.78 is 11.4. The van der Waals surface area contributed by atoms with Crippen LogP contribution in [-0.4, -0.2) is 31.8 Å². The molecule has 0 amide bonds. The van der Waals surface area contributed by atoms with Crippen molar-refractivity contribution in [2.45, 2.75) is 50.7 Å². The summed E-state index contributed by atoms with van der Waals surface area (Å²) in [5, 5.41) is 3.57. The van der Waals surface area contributed by atoms with Crippen LogP contribution in [0.1, 0.15) is 60.5 Å². The molecule has 1 aromatic rings. The van der Waals surface area contributed by atoms with Crippen LogP contribution in [0.3, 0.4) is 0 Å². The number of carbonyl (C=O) groups is 1. The van der Waals surface area contributed by atoms with Crippen LogP contribution in [0.25, 0.3) is 0 Å². The molecule has 0 bridgehead atoms. The zero-order chi connectivity index (χ0) is 16.4. The molecule has 3 aliphatic rings. The van der Waals surface area contributed by atoms with Gasteiger partial charge in [0, 0.05) is 12.6 Å². The summed E-state index contributed by atoms with van der Waals surface area (Å²) in [6.45, 7) is 2.50. The Labute approximate surface area is 143 Å². The van der Waals surface area contributed by atoms with E-state index in [1.54, 1.807) is 0 Å². The maximum atomic E-state index is 12.0. The molecule has 0 radical (unpaired) electrons. The lowest BCUT2D eigenvalue weighted by molar-refractivity contribution is 0.0159. The summed E-state index contributed by atoms with van der Waals surface area (Å²) in [7, 11) is 0. The molecule has 1 N–H and O–H groups in total. The van der Waals surface area contributed by atoms with Gasteiger partial charge in [0.2, 0.25) is 0 Å². The zero-order valence-electron chi connectivity index (χ0n) is 14.2. The highest BCUT2D eigenvalue weighted by Gasteiger charge is 2.27. The van der Waals surface area contributed by atoms with Crippen molar-refractivity contribution >= 4 is 5.97 Å². The molecule has 0 aromatic heterocycles. The van der Waals surface area contributed by atoms with Crippen molar-refractivity contribution in [3.8, 4) is 0 Å². The topological polar surface area (TPSA) is 47.6 Å². The molecule has 130 valence electrons. The lowest BCUT2D eigenvalue weighted by atomic mass is 9.95. The average molecular weight is 329 g/mol. The van der Waals surface area contributed by atoms with Crippen molar-refractivity contribution in [3.63, 3.8) is 0 Å². The Morgan fingerprint density at radius 1 is 1.00 bits per heavy atom. The third-order valence-corrected chi connectivity index (χ3v) is 5.32. The van der Waals surface area contributed by atoms with Gasteiger partial charge in [-0.2, -0.15) is 0 Å². The summed E-state index contributed by atoms with van der Waals surface area (Å²) in [4.78, 5) is 12.0. The van der Waals surface area contributed by atoms with Gasteiger partial charge in [-0.1, -0.05) is 12.1 Å². The van der Waals surface area contributed by atoms with E-state index < -0.39 is 0 Å². The first kappa shape index (κ1) is 16.1. The fourth-order valence-corrected chi connectivity index (χ4v) is 3.26. The van der Waals surface area contributed by atoms with Gasteiger partial charge in [-0.25, -0.2) is 4.79 Å². The number of piperidine rings is 1. The standard InChI is InChI=1S/C20H27NO3/c22-20(24-13-15-3-4-15)17-7-5-16(6-8-17)19-11-18(9-10-21-19)23-12-14-1-2-14/h5-8,14-15,18-19,21H,1-4,9-13H2/t18-,19-/m0/s1. The van der Waals surface area contributed by atoms with Crippen LogP contribution in [0.15, 0.2) is 24.3 Å². The minimum absolute atomic E-state index is 0.198. The molecule has 1 aliphatic heterocycles. The molecule has 1 aromatic carbocycles. The van der Waals surface area contributed by atoms with Gasteiger partial charge < -0.3 is 14.8 Å². The van der Waals surface area contributed by atoms with Gasteiger partial charge >= 0.3 is 5.97 Å². The number of nitrogens with one attached hydrogen (secondary N) is 1. The van der Waals surface area contributed by atoms with Crippen LogP contribution >= 0.6 is 0 Å². The number of esters is 1. The van der Waals surface area contributed by atoms with E-state index in [4.69, 9.17) is 9.47 Å². The molecule has 2 saturated carbocycles. The summed E-state index contributed by atoms with van der Waals surface area (Å²) >= 11 is 0. The number of hydrogen-bond acceptors (Lipinski definition) is 4. The maximum Gasteiger partial charge on any atom is 0.338 e. The summed E-state index contributed by atoms with van der Waals surface area (Å²) in [5.41, 5.74) is 1.88. The number of carbonyl (C=O) groups excluding carboxylic acids is 1. The third-order valence-electron chi connectivity index (χ3n) is 5.32. The summed E-state index contributed by atoms with van der Waals surface area (Å²) in [6, 6.07) is 8.20. The second kappa shape index (κ2) is 7.24. The molecule has 2 atom stereocenters. The number of rotatable bonds is 7. The number of benzene rings is 1. The lowest BCUT2D eigenvalue weighted by Crippen LogP contribution is -2.36. The number of hydrogen-bond donors (Lipinski definition) is 1. The van der Waals surface area contributed by atoms with Crippen LogP contribution in [0.4, 0.5) is 0 Å². The average Bonchev–Trinajstić information content (AvgIpc) is 3.53. The Morgan fingerprint density at radius 3 is 2.42 bits per heavy atom. The zero-order valence-corrected chi connectivity index (χ0v) is 14.2. The molecule has 24 heavy (non-hydrogen) atoms. The van der Waals surface area contributed by atoms with E-state index in [1.807, 2.05) is 12.1 Å². The van der Waals surface area contributed by atoms with Crippen molar-refractivity contribution in [1.29, 1.82) is 0 Å². The van der Waals surface area contributed by atoms with Gasteiger partial charge in [-0.05, 0) is 74.6 Å². The SMILES string of the molecule is O=C(OCC1CC1)c1ccc([C@@H]2C[C@@H](OCC3CC3)CCN2)cc1. The van der Waals surface area contributed by atoms with E-state index >= 15 is 0 Å². The largest absolute Gasteiger partial charge is 0.462 e. The fourth-order valence-electron chi connectivity index (χ4n) is 3.26. The quantitative estimate of drug-likeness (QED) is 0.778. The van der Waals surface area contributed by atoms with Crippen LogP contribution in [0, 0.1) is 11.8 Å². The Kier molecular flexibility index (Phi) is 4.86. The molecule has 4 heteroatoms. The third kappa shape index (κ3) is 4.37.